The van der Waals surface area contributed by atoms with E-state index in [0.29, 0.717) is 24.6 Å². The molecule has 0 unspecified atom stereocenters. The van der Waals surface area contributed by atoms with Crippen LogP contribution in [0.1, 0.15) is 108 Å². The summed E-state index contributed by atoms with van der Waals surface area (Å²) in [6, 6.07) is 14.1. The van der Waals surface area contributed by atoms with Crippen LogP contribution in [0.4, 0.5) is 5.69 Å². The van der Waals surface area contributed by atoms with Crippen molar-refractivity contribution in [2.24, 2.45) is 0 Å². The van der Waals surface area contributed by atoms with Gasteiger partial charge in [0.2, 0.25) is 11.4 Å². The summed E-state index contributed by atoms with van der Waals surface area (Å²) in [5, 5.41) is 2.67. The zero-order chi connectivity index (χ0) is 28.4. The molecule has 4 nitrogen and oxygen atoms in total. The fraction of sp³-hybridized carbons (Fsp3) is 0.529. The lowest BCUT2D eigenvalue weighted by Crippen LogP contribution is -3.00. The van der Waals surface area contributed by atoms with Gasteiger partial charge in [-0.15, -0.1) is 0 Å². The van der Waals surface area contributed by atoms with Gasteiger partial charge in [0.1, 0.15) is 5.75 Å². The first-order valence-corrected chi connectivity index (χ1v) is 16.6. The number of nitrogens with zero attached hydrogens (tertiary/aromatic N) is 2. The van der Waals surface area contributed by atoms with Crippen LogP contribution >= 0.6 is 22.9 Å². The molecule has 0 saturated heterocycles. The fourth-order valence-corrected chi connectivity index (χ4v) is 5.78. The van der Waals surface area contributed by atoms with Crippen molar-refractivity contribution < 1.29 is 31.1 Å². The van der Waals surface area contributed by atoms with E-state index in [1.807, 2.05) is 42.2 Å². The summed E-state index contributed by atoms with van der Waals surface area (Å²) in [5.74, 6) is 0.806. The lowest BCUT2D eigenvalue weighted by molar-refractivity contribution is -0.683. The van der Waals surface area contributed by atoms with E-state index in [1.165, 1.54) is 76.2 Å². The molecule has 3 rings (SSSR count). The van der Waals surface area contributed by atoms with Gasteiger partial charge >= 0.3 is 0 Å². The summed E-state index contributed by atoms with van der Waals surface area (Å²) < 4.78 is 8.14. The first kappa shape index (κ1) is 35.3. The van der Waals surface area contributed by atoms with E-state index in [9.17, 15) is 4.79 Å². The van der Waals surface area contributed by atoms with Gasteiger partial charge in [-0.3, -0.25) is 4.79 Å². The van der Waals surface area contributed by atoms with Crippen LogP contribution in [0, 0.1) is 0 Å². The molecular formula is C34H48BrClN2O2S. The van der Waals surface area contributed by atoms with Gasteiger partial charge in [-0.2, -0.15) is 4.57 Å². The van der Waals surface area contributed by atoms with Crippen molar-refractivity contribution in [1.82, 2.24) is 0 Å². The molecule has 226 valence electrons. The Morgan fingerprint density at radius 3 is 2.02 bits per heavy atom. The van der Waals surface area contributed by atoms with Gasteiger partial charge in [-0.25, -0.2) is 0 Å². The molecule has 1 heterocycles. The molecule has 0 N–H and O–H groups in total. The van der Waals surface area contributed by atoms with E-state index >= 15 is 0 Å². The molecule has 0 atom stereocenters. The van der Waals surface area contributed by atoms with Gasteiger partial charge in [0.05, 0.1) is 23.6 Å². The standard InChI is InChI=1S/C34H48ClN2O2S.BrH/c1-3-5-6-7-8-9-10-11-12-13-14-15-23-39-33-21-18-30(25-32(33)35)27-37(34(38)4-2)31-19-16-29(17-20-31)26-36-22-24-40-28-36;/h16-22,24-25,28H,3-15,23,26-27H2,1-2H3;1H/q+1;/p-1. The van der Waals surface area contributed by atoms with Crippen molar-refractivity contribution in [3.63, 3.8) is 0 Å². The van der Waals surface area contributed by atoms with Crippen LogP contribution < -0.4 is 31.2 Å². The van der Waals surface area contributed by atoms with E-state index in [2.05, 4.69) is 40.7 Å². The second-order valence-corrected chi connectivity index (χ2v) is 11.9. The molecule has 0 aliphatic carbocycles. The highest BCUT2D eigenvalue weighted by Gasteiger charge is 2.16. The Labute approximate surface area is 267 Å². The Bertz CT molecular complexity index is 1110. The number of aromatic nitrogens is 1. The second-order valence-electron chi connectivity index (χ2n) is 10.7. The molecule has 0 aliphatic heterocycles. The van der Waals surface area contributed by atoms with Crippen molar-refractivity contribution in [3.05, 3.63) is 75.7 Å². The van der Waals surface area contributed by atoms with Gasteiger partial charge in [0, 0.05) is 17.7 Å². The largest absolute Gasteiger partial charge is 1.00 e. The third-order valence-corrected chi connectivity index (χ3v) is 8.30. The normalized spacial score (nSPS) is 10.8. The van der Waals surface area contributed by atoms with Gasteiger partial charge in [0.15, 0.2) is 12.7 Å². The summed E-state index contributed by atoms with van der Waals surface area (Å²) in [4.78, 5) is 14.7. The van der Waals surface area contributed by atoms with E-state index < -0.39 is 0 Å². The molecule has 41 heavy (non-hydrogen) atoms. The Morgan fingerprint density at radius 2 is 1.46 bits per heavy atom. The van der Waals surface area contributed by atoms with Crippen molar-refractivity contribution in [2.45, 2.75) is 110 Å². The van der Waals surface area contributed by atoms with Gasteiger partial charge in [0.25, 0.3) is 0 Å². The number of hydrogen-bond acceptors (Lipinski definition) is 3. The minimum Gasteiger partial charge on any atom is -1.00 e. The summed E-state index contributed by atoms with van der Waals surface area (Å²) in [6.07, 6.45) is 18.4. The van der Waals surface area contributed by atoms with Crippen molar-refractivity contribution in [1.29, 1.82) is 0 Å². The maximum absolute atomic E-state index is 12.8. The Morgan fingerprint density at radius 1 is 0.854 bits per heavy atom. The number of carbonyl (C=O) groups is 1. The number of thiazole rings is 1. The Balaban J connectivity index is 0.00000588. The van der Waals surface area contributed by atoms with Crippen LogP contribution in [0.25, 0.3) is 0 Å². The van der Waals surface area contributed by atoms with E-state index in [1.54, 1.807) is 11.3 Å². The van der Waals surface area contributed by atoms with Crippen LogP contribution in [-0.4, -0.2) is 12.5 Å². The number of anilines is 1. The predicted molar refractivity (Wildman–Crippen MR) is 170 cm³/mol. The third-order valence-electron chi connectivity index (χ3n) is 7.34. The molecule has 0 radical (unpaired) electrons. The van der Waals surface area contributed by atoms with Gasteiger partial charge in [-0.1, -0.05) is 126 Å². The van der Waals surface area contributed by atoms with Crippen LogP contribution in [0.2, 0.25) is 5.02 Å². The van der Waals surface area contributed by atoms with Crippen LogP contribution in [0.15, 0.2) is 59.6 Å². The highest BCUT2D eigenvalue weighted by atomic mass is 79.9. The van der Waals surface area contributed by atoms with Crippen molar-refractivity contribution in [3.8, 4) is 5.75 Å². The van der Waals surface area contributed by atoms with Crippen molar-refractivity contribution in [2.75, 3.05) is 11.5 Å². The molecule has 0 spiro atoms. The number of carbonyl (C=O) groups excluding carboxylic acids is 1. The molecule has 0 saturated carbocycles. The number of ether oxygens (including phenoxy) is 1. The lowest BCUT2D eigenvalue weighted by Gasteiger charge is -2.23. The SMILES string of the molecule is CCCCCCCCCCCCCCOc1ccc(CN(C(=O)CC)c2ccc(C[n+]3ccsc3)cc2)cc1Cl.[Br-]. The molecule has 1 amide bonds. The number of hydrogen-bond donors (Lipinski definition) is 0. The first-order chi connectivity index (χ1) is 19.6. The topological polar surface area (TPSA) is 33.4 Å². The molecule has 0 aliphatic rings. The van der Waals surface area contributed by atoms with E-state index in [4.69, 9.17) is 16.3 Å². The fourth-order valence-electron chi connectivity index (χ4n) is 4.93. The summed E-state index contributed by atoms with van der Waals surface area (Å²) in [5.41, 5.74) is 5.18. The number of rotatable bonds is 20. The minimum absolute atomic E-state index is 0. The Hall–Kier alpha value is -1.89. The number of amides is 1. The van der Waals surface area contributed by atoms with Crippen LogP contribution in [0.5, 0.6) is 5.75 Å². The molecule has 1 aromatic heterocycles. The van der Waals surface area contributed by atoms with Crippen LogP contribution in [-0.2, 0) is 17.9 Å². The van der Waals surface area contributed by atoms with Crippen molar-refractivity contribution >= 4 is 34.5 Å². The first-order valence-electron chi connectivity index (χ1n) is 15.3. The number of benzene rings is 2. The smallest absolute Gasteiger partial charge is 0.227 e. The summed E-state index contributed by atoms with van der Waals surface area (Å²) >= 11 is 8.26. The molecule has 0 fully saturated rings. The zero-order valence-corrected chi connectivity index (χ0v) is 28.1. The van der Waals surface area contributed by atoms with E-state index in [-0.39, 0.29) is 22.9 Å². The maximum Gasteiger partial charge on any atom is 0.227 e. The molecule has 3 aromatic rings. The highest BCUT2D eigenvalue weighted by Crippen LogP contribution is 2.28. The second kappa shape index (κ2) is 20.9. The lowest BCUT2D eigenvalue weighted by atomic mass is 10.1. The highest BCUT2D eigenvalue weighted by molar-refractivity contribution is 7.07. The molecule has 0 bridgehead atoms. The van der Waals surface area contributed by atoms with E-state index in [0.717, 1.165) is 30.0 Å². The number of halogens is 2. The monoisotopic (exact) mass is 662 g/mol. The van der Waals surface area contributed by atoms with Gasteiger partial charge < -0.3 is 26.6 Å². The minimum atomic E-state index is 0. The quantitative estimate of drug-likeness (QED) is 0.0989. The maximum atomic E-state index is 12.8. The zero-order valence-electron chi connectivity index (χ0n) is 25.0. The molecule has 7 heteroatoms. The van der Waals surface area contributed by atoms with Crippen LogP contribution in [0.3, 0.4) is 0 Å². The molecule has 2 aromatic carbocycles. The predicted octanol–water partition coefficient (Wildman–Crippen LogP) is 6.76. The average molecular weight is 664 g/mol. The van der Waals surface area contributed by atoms with Gasteiger partial charge in [-0.05, 0) is 36.2 Å². The third kappa shape index (κ3) is 13.3. The molecular weight excluding hydrogens is 616 g/mol. The Kier molecular flexibility index (Phi) is 18.0. The number of unbranched alkanes of at least 4 members (excludes halogenated alkanes) is 11. The summed E-state index contributed by atoms with van der Waals surface area (Å²) in [6.45, 7) is 6.16. The average Bonchev–Trinajstić information content (AvgIpc) is 3.48. The summed E-state index contributed by atoms with van der Waals surface area (Å²) in [7, 11) is 0.